The molecule has 0 aliphatic heterocycles. The molecule has 0 rings (SSSR count). The summed E-state index contributed by atoms with van der Waals surface area (Å²) < 4.78 is 3.64. The second kappa shape index (κ2) is 19.3. The topological polar surface area (TPSA) is 251 Å². The zero-order valence-corrected chi connectivity index (χ0v) is 22.2. The largest absolute Gasteiger partial charge is 0.609 e. The molecule has 4 atom stereocenters. The molecule has 9 N–H and O–H groups in total. The third-order valence-corrected chi connectivity index (χ3v) is 4.24. The number of amides is 5. The number of carboxylic acid groups (broad SMARTS) is 1. The van der Waals surface area contributed by atoms with Gasteiger partial charge in [-0.25, -0.2) is 4.79 Å². The van der Waals surface area contributed by atoms with Crippen molar-refractivity contribution in [2.75, 3.05) is 25.7 Å². The van der Waals surface area contributed by atoms with Crippen LogP contribution >= 0.6 is 24.6 Å². The van der Waals surface area contributed by atoms with Crippen LogP contribution in [-0.4, -0.2) is 108 Å². The van der Waals surface area contributed by atoms with Gasteiger partial charge in [0.25, 0.3) is 0 Å². The van der Waals surface area contributed by atoms with Crippen LogP contribution in [0.3, 0.4) is 0 Å². The number of carbonyl (C=O) groups is 6. The van der Waals surface area contributed by atoms with Crippen LogP contribution in [-0.2, 0) is 47.3 Å². The summed E-state index contributed by atoms with van der Waals surface area (Å²) in [6.45, 7) is 0.405. The number of aliphatic hydroxyl groups excluding tert-OH is 1. The molecule has 0 saturated carbocycles. The first-order valence-electron chi connectivity index (χ1n) is 9.26. The molecule has 0 aromatic heterocycles. The van der Waals surface area contributed by atoms with Crippen LogP contribution < -0.4 is 27.0 Å². The van der Waals surface area contributed by atoms with Crippen molar-refractivity contribution in [3.05, 3.63) is 4.72 Å². The molecule has 0 saturated heterocycles. The molecule has 0 aliphatic carbocycles. The van der Waals surface area contributed by atoms with Gasteiger partial charge in [-0.1, -0.05) is 0 Å². The summed E-state index contributed by atoms with van der Waals surface area (Å²) in [4.78, 5) is 70.3. The number of aliphatic carboxylic acids is 1. The Morgan fingerprint density at radius 1 is 1.06 bits per heavy atom. The van der Waals surface area contributed by atoms with Gasteiger partial charge < -0.3 is 47.0 Å². The second-order valence-electron chi connectivity index (χ2n) is 6.28. The third-order valence-electron chi connectivity index (χ3n) is 3.59. The Morgan fingerprint density at radius 3 is 2.03 bits per heavy atom. The normalized spacial score (nSPS) is 14.1. The Labute approximate surface area is 224 Å². The van der Waals surface area contributed by atoms with E-state index < -0.39 is 72.3 Å². The first-order chi connectivity index (χ1) is 15.7. The summed E-state index contributed by atoms with van der Waals surface area (Å²) in [5.74, 6) is -7.07. The molecule has 19 heteroatoms. The quantitative estimate of drug-likeness (QED) is 0.0416. The first kappa shape index (κ1) is 37.6. The summed E-state index contributed by atoms with van der Waals surface area (Å²) in [5.41, 5.74) is 1.81. The molecule has 2 unspecified atom stereocenters. The Bertz CT molecular complexity index is 750. The molecule has 0 bridgehead atoms. The van der Waals surface area contributed by atoms with E-state index in [0.717, 1.165) is 11.9 Å². The minimum Gasteiger partial charge on any atom is -0.609 e. The van der Waals surface area contributed by atoms with Gasteiger partial charge in [0.05, 0.1) is 18.8 Å². The number of carboxylic acids is 1. The number of hydrogen-bond donors (Lipinski definition) is 9. The van der Waals surface area contributed by atoms with E-state index in [1.54, 1.807) is 6.26 Å². The van der Waals surface area contributed by atoms with Gasteiger partial charge in [0, 0.05) is 18.6 Å². The van der Waals surface area contributed by atoms with Crippen LogP contribution in [0.2, 0.25) is 0 Å². The SMILES string of the molecule is CS.[B]C(O)(NC(=O)[C@H](CC(N)=O)NC(=O)[C@H](C)NC(=O)C(CO)NC(=O)CS[N-]C)C(=O)O.[V]. The van der Waals surface area contributed by atoms with Crippen molar-refractivity contribution in [2.24, 2.45) is 5.73 Å². The molecule has 0 fully saturated rings. The Kier molecular flexibility index (Phi) is 20.7. The molecular formula is C16H28BN6O9S2V-. The number of aliphatic hydroxyl groups is 2. The molecule has 0 heterocycles. The number of nitrogens with zero attached hydrogens (tertiary/aromatic N) is 1. The number of nitrogens with two attached hydrogens (primary N) is 1. The van der Waals surface area contributed by atoms with Crippen molar-refractivity contribution < 1.29 is 62.6 Å². The van der Waals surface area contributed by atoms with E-state index in [1.807, 2.05) is 5.32 Å². The molecule has 197 valence electrons. The molecule has 5 amide bonds. The van der Waals surface area contributed by atoms with E-state index in [2.05, 4.69) is 28.0 Å². The van der Waals surface area contributed by atoms with Gasteiger partial charge >= 0.3 is 5.97 Å². The zero-order valence-electron chi connectivity index (χ0n) is 19.0. The monoisotopic (exact) mass is 574 g/mol. The van der Waals surface area contributed by atoms with Crippen LogP contribution in [0.15, 0.2) is 0 Å². The van der Waals surface area contributed by atoms with Crippen LogP contribution in [0.1, 0.15) is 13.3 Å². The standard InChI is InChI=1S/C15H24BN6O9S.CH4S.V/c1-6(19-12(27)8(4-23)20-10(25)5-32-18-2)11(26)21-7(3-9(17)24)13(28)22-15(16,31)14(29)30;1-2;/h6-8,23,31H,3-5H2,1-2H3,(H2,17,24)(H,19,27)(H,20,25)(H,21,26)(H,22,28)(H,29,30);2H,1H3;/q-1;;/t6-,7-,8?,15?;;/m0../s1. The van der Waals surface area contributed by atoms with Gasteiger partial charge in [-0.3, -0.25) is 35.9 Å². The summed E-state index contributed by atoms with van der Waals surface area (Å²) >= 11 is 4.44. The van der Waals surface area contributed by atoms with Gasteiger partial charge in [0.1, 0.15) is 18.1 Å². The van der Waals surface area contributed by atoms with Crippen LogP contribution in [0, 0.1) is 0 Å². The van der Waals surface area contributed by atoms with Gasteiger partial charge in [0.15, 0.2) is 13.5 Å². The summed E-state index contributed by atoms with van der Waals surface area (Å²) in [6.07, 6.45) is 0.906. The predicted octanol–water partition coefficient (Wildman–Crippen LogP) is -4.46. The van der Waals surface area contributed by atoms with Crippen molar-refractivity contribution in [2.45, 2.75) is 37.1 Å². The fourth-order valence-corrected chi connectivity index (χ4v) is 2.30. The van der Waals surface area contributed by atoms with E-state index in [9.17, 15) is 39.0 Å². The maximum Gasteiger partial charge on any atom is 0.345 e. The minimum atomic E-state index is -3.19. The summed E-state index contributed by atoms with van der Waals surface area (Å²) in [7, 11) is 6.43. The maximum atomic E-state index is 12.3. The molecule has 0 aromatic carbocycles. The fourth-order valence-electron chi connectivity index (χ4n) is 1.97. The van der Waals surface area contributed by atoms with Gasteiger partial charge in [-0.15, -0.1) is 0 Å². The van der Waals surface area contributed by atoms with Crippen molar-refractivity contribution in [1.29, 1.82) is 0 Å². The molecule has 15 nitrogen and oxygen atoms in total. The van der Waals surface area contributed by atoms with Crippen LogP contribution in [0.25, 0.3) is 4.72 Å². The van der Waals surface area contributed by atoms with Crippen molar-refractivity contribution >= 4 is 67.9 Å². The Hall–Kier alpha value is -1.95. The van der Waals surface area contributed by atoms with Gasteiger partial charge in [0.2, 0.25) is 29.5 Å². The van der Waals surface area contributed by atoms with Crippen molar-refractivity contribution in [3.63, 3.8) is 0 Å². The smallest absolute Gasteiger partial charge is 0.345 e. The van der Waals surface area contributed by atoms with E-state index in [4.69, 9.17) is 18.7 Å². The number of thiol groups is 1. The van der Waals surface area contributed by atoms with E-state index in [-0.39, 0.29) is 24.3 Å². The zero-order chi connectivity index (χ0) is 27.1. The average molecular weight is 574 g/mol. The van der Waals surface area contributed by atoms with E-state index in [1.165, 1.54) is 19.3 Å². The molecule has 0 spiro atoms. The summed E-state index contributed by atoms with van der Waals surface area (Å²) in [6, 6.07) is -4.47. The fraction of sp³-hybridized carbons (Fsp3) is 0.625. The summed E-state index contributed by atoms with van der Waals surface area (Å²) in [5, 5.41) is 35.4. The minimum absolute atomic E-state index is 0. The van der Waals surface area contributed by atoms with E-state index >= 15 is 0 Å². The number of rotatable bonds is 14. The average Bonchev–Trinajstić information content (AvgIpc) is 2.75. The molecule has 35 heavy (non-hydrogen) atoms. The Balaban J connectivity index is -0.00000332. The van der Waals surface area contributed by atoms with Crippen molar-refractivity contribution in [1.82, 2.24) is 21.3 Å². The van der Waals surface area contributed by atoms with Gasteiger partial charge in [-0.05, 0) is 13.2 Å². The molecule has 0 aliphatic rings. The van der Waals surface area contributed by atoms with E-state index in [0.29, 0.717) is 0 Å². The van der Waals surface area contributed by atoms with Crippen LogP contribution in [0.4, 0.5) is 0 Å². The number of carbonyl (C=O) groups excluding carboxylic acids is 5. The number of hydrogen-bond acceptors (Lipinski definition) is 10. The molecule has 0 aromatic rings. The molecular weight excluding hydrogens is 546 g/mol. The van der Waals surface area contributed by atoms with Crippen molar-refractivity contribution in [3.8, 4) is 0 Å². The maximum absolute atomic E-state index is 12.3. The van der Waals surface area contributed by atoms with Crippen LogP contribution in [0.5, 0.6) is 0 Å². The molecule has 3 radical (unpaired) electrons. The third kappa shape index (κ3) is 15.6. The Morgan fingerprint density at radius 2 is 1.60 bits per heavy atom. The number of primary amides is 1. The number of nitrogens with one attached hydrogen (secondary N) is 4. The second-order valence-corrected chi connectivity index (χ2v) is 7.19. The predicted molar refractivity (Wildman–Crippen MR) is 125 cm³/mol. The first-order valence-corrected chi connectivity index (χ1v) is 11.1. The van der Waals surface area contributed by atoms with Gasteiger partial charge in [-0.2, -0.15) is 19.7 Å².